The van der Waals surface area contributed by atoms with E-state index < -0.39 is 0 Å². The molecule has 0 bridgehead atoms. The average Bonchev–Trinajstić information content (AvgIpc) is 2.08. The van der Waals surface area contributed by atoms with E-state index >= 15 is 0 Å². The Kier molecular flexibility index (Phi) is 2.38. The molecule has 0 saturated carbocycles. The number of anilines is 1. The van der Waals surface area contributed by atoms with E-state index in [2.05, 4.69) is 9.88 Å². The molecule has 1 atom stereocenters. The Balaban J connectivity index is 2.12. The lowest BCUT2D eigenvalue weighted by atomic mass is 10.0. The van der Waals surface area contributed by atoms with Crippen molar-refractivity contribution >= 4 is 17.4 Å². The van der Waals surface area contributed by atoms with Crippen LogP contribution in [0.5, 0.6) is 0 Å². The van der Waals surface area contributed by atoms with Gasteiger partial charge in [0.25, 0.3) is 0 Å². The number of aromatic nitrogens is 1. The highest BCUT2D eigenvalue weighted by Gasteiger charge is 2.27. The fourth-order valence-corrected chi connectivity index (χ4v) is 1.64. The number of rotatable bonds is 2. The fraction of sp³-hybridized carbons (Fsp3) is 0.444. The topological polar surface area (TPSA) is 42.1 Å². The second kappa shape index (κ2) is 3.52. The first-order chi connectivity index (χ1) is 6.31. The standard InChI is InChI=1S/C9H12ClN3/c10-7-1-2-9(12-6-7)13-4-3-8(13)5-11/h1-2,6,8H,3-5,11H2. The van der Waals surface area contributed by atoms with Gasteiger partial charge in [0.2, 0.25) is 0 Å². The third-order valence-electron chi connectivity index (χ3n) is 2.42. The summed E-state index contributed by atoms with van der Waals surface area (Å²) < 4.78 is 0. The maximum absolute atomic E-state index is 5.74. The van der Waals surface area contributed by atoms with Crippen LogP contribution in [0.25, 0.3) is 0 Å². The van der Waals surface area contributed by atoms with Gasteiger partial charge in [0.05, 0.1) is 5.02 Å². The number of halogens is 1. The largest absolute Gasteiger partial charge is 0.352 e. The third-order valence-corrected chi connectivity index (χ3v) is 2.65. The molecule has 0 radical (unpaired) electrons. The maximum Gasteiger partial charge on any atom is 0.128 e. The van der Waals surface area contributed by atoms with Crippen molar-refractivity contribution < 1.29 is 0 Å². The smallest absolute Gasteiger partial charge is 0.128 e. The predicted molar refractivity (Wildman–Crippen MR) is 54.1 cm³/mol. The molecule has 70 valence electrons. The highest BCUT2D eigenvalue weighted by molar-refractivity contribution is 6.30. The molecule has 1 aliphatic rings. The van der Waals surface area contributed by atoms with Gasteiger partial charge in [-0.05, 0) is 18.6 Å². The zero-order chi connectivity index (χ0) is 9.26. The summed E-state index contributed by atoms with van der Waals surface area (Å²) in [7, 11) is 0. The van der Waals surface area contributed by atoms with E-state index in [0.29, 0.717) is 17.6 Å². The Morgan fingerprint density at radius 3 is 2.92 bits per heavy atom. The molecule has 2 N–H and O–H groups in total. The van der Waals surface area contributed by atoms with Gasteiger partial charge < -0.3 is 10.6 Å². The molecule has 1 fully saturated rings. The number of hydrogen-bond donors (Lipinski definition) is 1. The quantitative estimate of drug-likeness (QED) is 0.777. The summed E-state index contributed by atoms with van der Waals surface area (Å²) in [6.45, 7) is 1.75. The van der Waals surface area contributed by atoms with Gasteiger partial charge in [-0.15, -0.1) is 0 Å². The van der Waals surface area contributed by atoms with Gasteiger partial charge >= 0.3 is 0 Å². The Hall–Kier alpha value is -0.800. The molecule has 1 aromatic heterocycles. The molecule has 4 heteroatoms. The van der Waals surface area contributed by atoms with Crippen LogP contribution in [0.4, 0.5) is 5.82 Å². The molecule has 0 amide bonds. The molecule has 13 heavy (non-hydrogen) atoms. The molecule has 1 aromatic rings. The lowest BCUT2D eigenvalue weighted by molar-refractivity contribution is 0.452. The first-order valence-electron chi connectivity index (χ1n) is 4.39. The van der Waals surface area contributed by atoms with Crippen LogP contribution in [-0.4, -0.2) is 24.1 Å². The molecule has 1 saturated heterocycles. The predicted octanol–water partition coefficient (Wildman–Crippen LogP) is 1.27. The summed E-state index contributed by atoms with van der Waals surface area (Å²) in [5, 5.41) is 0.675. The zero-order valence-corrected chi connectivity index (χ0v) is 8.04. The van der Waals surface area contributed by atoms with E-state index in [-0.39, 0.29) is 0 Å². The van der Waals surface area contributed by atoms with Crippen LogP contribution in [0.3, 0.4) is 0 Å². The monoisotopic (exact) mass is 197 g/mol. The highest BCUT2D eigenvalue weighted by Crippen LogP contribution is 2.24. The van der Waals surface area contributed by atoms with Gasteiger partial charge in [0.15, 0.2) is 0 Å². The summed E-state index contributed by atoms with van der Waals surface area (Å²) in [4.78, 5) is 6.44. The number of nitrogens with two attached hydrogens (primary N) is 1. The van der Waals surface area contributed by atoms with Crippen molar-refractivity contribution in [2.24, 2.45) is 5.73 Å². The first kappa shape index (κ1) is 8.78. The summed E-state index contributed by atoms with van der Waals surface area (Å²) in [6.07, 6.45) is 2.84. The van der Waals surface area contributed by atoms with Crippen LogP contribution < -0.4 is 10.6 Å². The molecule has 1 aliphatic heterocycles. The van der Waals surface area contributed by atoms with Crippen LogP contribution in [0.15, 0.2) is 18.3 Å². The first-order valence-corrected chi connectivity index (χ1v) is 4.77. The third kappa shape index (κ3) is 1.62. The Morgan fingerprint density at radius 1 is 1.62 bits per heavy atom. The van der Waals surface area contributed by atoms with Crippen LogP contribution in [0.1, 0.15) is 6.42 Å². The maximum atomic E-state index is 5.74. The lowest BCUT2D eigenvalue weighted by Gasteiger charge is -2.41. The molecular formula is C9H12ClN3. The summed E-state index contributed by atoms with van der Waals surface area (Å²) in [5.74, 6) is 0.978. The number of pyridine rings is 1. The summed E-state index contributed by atoms with van der Waals surface area (Å²) >= 11 is 5.74. The van der Waals surface area contributed by atoms with Crippen molar-refractivity contribution in [1.29, 1.82) is 0 Å². The molecule has 3 nitrogen and oxygen atoms in total. The van der Waals surface area contributed by atoms with Crippen molar-refractivity contribution in [2.45, 2.75) is 12.5 Å². The van der Waals surface area contributed by atoms with Crippen molar-refractivity contribution in [3.05, 3.63) is 23.4 Å². The van der Waals surface area contributed by atoms with Crippen LogP contribution >= 0.6 is 11.6 Å². The summed E-state index contributed by atoms with van der Waals surface area (Å²) in [5.41, 5.74) is 5.60. The minimum absolute atomic E-state index is 0.466. The van der Waals surface area contributed by atoms with Crippen molar-refractivity contribution in [3.8, 4) is 0 Å². The van der Waals surface area contributed by atoms with Gasteiger partial charge in [0, 0.05) is 25.3 Å². The van der Waals surface area contributed by atoms with Crippen molar-refractivity contribution in [2.75, 3.05) is 18.0 Å². The summed E-state index contributed by atoms with van der Waals surface area (Å²) in [6, 6.07) is 4.26. The highest BCUT2D eigenvalue weighted by atomic mass is 35.5. The van der Waals surface area contributed by atoms with E-state index in [0.717, 1.165) is 12.4 Å². The van der Waals surface area contributed by atoms with Crippen molar-refractivity contribution in [1.82, 2.24) is 4.98 Å². The van der Waals surface area contributed by atoms with E-state index in [9.17, 15) is 0 Å². The number of hydrogen-bond acceptors (Lipinski definition) is 3. The normalized spacial score (nSPS) is 21.4. The zero-order valence-electron chi connectivity index (χ0n) is 7.28. The molecule has 0 aliphatic carbocycles. The Bertz CT molecular complexity index is 283. The molecule has 2 rings (SSSR count). The molecular weight excluding hydrogens is 186 g/mol. The minimum atomic E-state index is 0.466. The van der Waals surface area contributed by atoms with Gasteiger partial charge in [-0.3, -0.25) is 0 Å². The average molecular weight is 198 g/mol. The Labute approximate surface area is 82.5 Å². The van der Waals surface area contributed by atoms with Crippen LogP contribution in [0, 0.1) is 0 Å². The lowest BCUT2D eigenvalue weighted by Crippen LogP contribution is -2.52. The van der Waals surface area contributed by atoms with E-state index in [1.807, 2.05) is 12.1 Å². The SMILES string of the molecule is NCC1CCN1c1ccc(Cl)cn1. The van der Waals surface area contributed by atoms with E-state index in [1.165, 1.54) is 6.42 Å². The second-order valence-corrected chi connectivity index (χ2v) is 3.64. The van der Waals surface area contributed by atoms with E-state index in [4.69, 9.17) is 17.3 Å². The Morgan fingerprint density at radius 2 is 2.46 bits per heavy atom. The molecule has 2 heterocycles. The van der Waals surface area contributed by atoms with Gasteiger partial charge in [0.1, 0.15) is 5.82 Å². The molecule has 1 unspecified atom stereocenters. The van der Waals surface area contributed by atoms with Crippen LogP contribution in [0.2, 0.25) is 5.02 Å². The van der Waals surface area contributed by atoms with Gasteiger partial charge in [-0.25, -0.2) is 4.98 Å². The minimum Gasteiger partial charge on any atom is -0.352 e. The van der Waals surface area contributed by atoms with Gasteiger partial charge in [-0.2, -0.15) is 0 Å². The number of nitrogens with zero attached hydrogens (tertiary/aromatic N) is 2. The molecule has 0 spiro atoms. The second-order valence-electron chi connectivity index (χ2n) is 3.21. The van der Waals surface area contributed by atoms with Crippen molar-refractivity contribution in [3.63, 3.8) is 0 Å². The fourth-order valence-electron chi connectivity index (χ4n) is 1.53. The van der Waals surface area contributed by atoms with Gasteiger partial charge in [-0.1, -0.05) is 11.6 Å². The molecule has 0 aromatic carbocycles. The van der Waals surface area contributed by atoms with Crippen LogP contribution in [-0.2, 0) is 0 Å². The van der Waals surface area contributed by atoms with E-state index in [1.54, 1.807) is 6.20 Å².